The van der Waals surface area contributed by atoms with Gasteiger partial charge >= 0.3 is 6.03 Å². The van der Waals surface area contributed by atoms with E-state index >= 15 is 0 Å². The number of carbonyl (C=O) groups is 1. The van der Waals surface area contributed by atoms with Gasteiger partial charge in [-0.2, -0.15) is 0 Å². The summed E-state index contributed by atoms with van der Waals surface area (Å²) < 4.78 is 0. The second-order valence-electron chi connectivity index (χ2n) is 7.69. The molecule has 0 spiro atoms. The first-order valence-corrected chi connectivity index (χ1v) is 10.5. The SMILES string of the molecule is O=C(NC1CCN(CCc2ccncc2)CC1)N1CCN(c2ncccn2)CC1. The molecule has 8 heteroatoms. The summed E-state index contributed by atoms with van der Waals surface area (Å²) in [7, 11) is 0. The van der Waals surface area contributed by atoms with E-state index in [1.807, 2.05) is 23.4 Å². The third-order valence-corrected chi connectivity index (χ3v) is 5.78. The molecule has 29 heavy (non-hydrogen) atoms. The molecule has 0 saturated carbocycles. The smallest absolute Gasteiger partial charge is 0.317 e. The number of likely N-dealkylation sites (tertiary alicyclic amines) is 1. The number of aromatic nitrogens is 3. The van der Waals surface area contributed by atoms with Crippen molar-refractivity contribution in [1.82, 2.24) is 30.1 Å². The van der Waals surface area contributed by atoms with E-state index in [0.29, 0.717) is 13.1 Å². The molecule has 0 bridgehead atoms. The quantitative estimate of drug-likeness (QED) is 0.825. The van der Waals surface area contributed by atoms with Gasteiger partial charge in [0.05, 0.1) is 0 Å². The number of anilines is 1. The van der Waals surface area contributed by atoms with E-state index in [9.17, 15) is 4.79 Å². The zero-order chi connectivity index (χ0) is 19.9. The predicted molar refractivity (Wildman–Crippen MR) is 112 cm³/mol. The first-order chi connectivity index (χ1) is 14.3. The van der Waals surface area contributed by atoms with Crippen molar-refractivity contribution in [3.8, 4) is 0 Å². The van der Waals surface area contributed by atoms with Crippen molar-refractivity contribution in [2.24, 2.45) is 0 Å². The Balaban J connectivity index is 1.16. The maximum absolute atomic E-state index is 12.6. The summed E-state index contributed by atoms with van der Waals surface area (Å²) in [6.07, 6.45) is 10.3. The molecule has 4 rings (SSSR count). The van der Waals surface area contributed by atoms with Gasteiger partial charge in [0, 0.05) is 76.6 Å². The Bertz CT molecular complexity index is 757. The molecular weight excluding hydrogens is 366 g/mol. The molecule has 2 aliphatic heterocycles. The van der Waals surface area contributed by atoms with E-state index in [4.69, 9.17) is 0 Å². The molecule has 0 aromatic carbocycles. The number of pyridine rings is 1. The highest BCUT2D eigenvalue weighted by molar-refractivity contribution is 5.74. The van der Waals surface area contributed by atoms with Crippen LogP contribution < -0.4 is 10.2 Å². The van der Waals surface area contributed by atoms with E-state index in [1.165, 1.54) is 5.56 Å². The molecule has 2 aliphatic rings. The van der Waals surface area contributed by atoms with Crippen LogP contribution in [-0.4, -0.2) is 82.6 Å². The second kappa shape index (κ2) is 9.65. The minimum Gasteiger partial charge on any atom is -0.337 e. The van der Waals surface area contributed by atoms with Crippen LogP contribution >= 0.6 is 0 Å². The minimum atomic E-state index is 0.0638. The average Bonchev–Trinajstić information content (AvgIpc) is 2.80. The lowest BCUT2D eigenvalue weighted by atomic mass is 10.0. The molecule has 2 aromatic rings. The fourth-order valence-electron chi connectivity index (χ4n) is 3.97. The highest BCUT2D eigenvalue weighted by Gasteiger charge is 2.26. The summed E-state index contributed by atoms with van der Waals surface area (Å²) in [6.45, 7) is 6.08. The Morgan fingerprint density at radius 1 is 0.966 bits per heavy atom. The Labute approximate surface area is 172 Å². The predicted octanol–water partition coefficient (Wildman–Crippen LogP) is 1.41. The number of amides is 2. The van der Waals surface area contributed by atoms with Crippen LogP contribution in [0.4, 0.5) is 10.7 Å². The van der Waals surface area contributed by atoms with Crippen LogP contribution in [0.15, 0.2) is 43.0 Å². The number of urea groups is 1. The molecule has 2 fully saturated rings. The number of hydrogen-bond donors (Lipinski definition) is 1. The van der Waals surface area contributed by atoms with Crippen LogP contribution in [-0.2, 0) is 6.42 Å². The summed E-state index contributed by atoms with van der Waals surface area (Å²) in [5, 5.41) is 3.24. The number of carbonyl (C=O) groups excluding carboxylic acids is 1. The number of rotatable bonds is 5. The standard InChI is InChI=1S/C21H29N7O/c29-21(28-16-14-27(15-17-28)20-23-7-1-8-24-20)25-19-5-12-26(13-6-19)11-4-18-2-9-22-10-3-18/h1-3,7-10,19H,4-6,11-17H2,(H,25,29). The summed E-state index contributed by atoms with van der Waals surface area (Å²) in [4.78, 5) is 31.8. The Hall–Kier alpha value is -2.74. The van der Waals surface area contributed by atoms with Gasteiger partial charge in [-0.05, 0) is 43.0 Å². The van der Waals surface area contributed by atoms with Gasteiger partial charge in [0.2, 0.25) is 5.95 Å². The van der Waals surface area contributed by atoms with Crippen LogP contribution in [0.25, 0.3) is 0 Å². The third kappa shape index (κ3) is 5.41. The van der Waals surface area contributed by atoms with Crippen LogP contribution in [0.3, 0.4) is 0 Å². The van der Waals surface area contributed by atoms with Crippen molar-refractivity contribution >= 4 is 12.0 Å². The summed E-state index contributed by atoms with van der Waals surface area (Å²) >= 11 is 0. The van der Waals surface area contributed by atoms with Gasteiger partial charge in [0.15, 0.2) is 0 Å². The van der Waals surface area contributed by atoms with Crippen molar-refractivity contribution in [2.45, 2.75) is 25.3 Å². The fourth-order valence-corrected chi connectivity index (χ4v) is 3.97. The lowest BCUT2D eigenvalue weighted by Gasteiger charge is -2.37. The maximum Gasteiger partial charge on any atom is 0.317 e. The number of piperidine rings is 1. The van der Waals surface area contributed by atoms with Crippen LogP contribution in [0.1, 0.15) is 18.4 Å². The molecule has 2 aromatic heterocycles. The molecule has 154 valence electrons. The van der Waals surface area contributed by atoms with Gasteiger partial charge < -0.3 is 20.0 Å². The van der Waals surface area contributed by atoms with Crippen molar-refractivity contribution < 1.29 is 4.79 Å². The molecule has 2 saturated heterocycles. The van der Waals surface area contributed by atoms with Gasteiger partial charge in [-0.3, -0.25) is 4.98 Å². The Kier molecular flexibility index (Phi) is 6.51. The summed E-state index contributed by atoms with van der Waals surface area (Å²) in [5.74, 6) is 0.742. The average molecular weight is 396 g/mol. The van der Waals surface area contributed by atoms with Crippen molar-refractivity contribution in [2.75, 3.05) is 50.7 Å². The molecule has 0 aliphatic carbocycles. The Morgan fingerprint density at radius 3 is 2.34 bits per heavy atom. The molecule has 0 atom stereocenters. The van der Waals surface area contributed by atoms with Gasteiger partial charge in [-0.25, -0.2) is 14.8 Å². The number of nitrogens with one attached hydrogen (secondary N) is 1. The van der Waals surface area contributed by atoms with E-state index in [1.54, 1.807) is 12.4 Å². The minimum absolute atomic E-state index is 0.0638. The summed E-state index contributed by atoms with van der Waals surface area (Å²) in [5.41, 5.74) is 1.33. The van der Waals surface area contributed by atoms with Crippen molar-refractivity contribution in [3.05, 3.63) is 48.5 Å². The maximum atomic E-state index is 12.6. The first-order valence-electron chi connectivity index (χ1n) is 10.5. The Morgan fingerprint density at radius 2 is 1.66 bits per heavy atom. The highest BCUT2D eigenvalue weighted by Crippen LogP contribution is 2.13. The molecule has 0 radical (unpaired) electrons. The molecule has 4 heterocycles. The monoisotopic (exact) mass is 395 g/mol. The molecular formula is C21H29N7O. The van der Waals surface area contributed by atoms with Gasteiger partial charge in [-0.15, -0.1) is 0 Å². The largest absolute Gasteiger partial charge is 0.337 e. The van der Waals surface area contributed by atoms with Crippen LogP contribution in [0.2, 0.25) is 0 Å². The fraction of sp³-hybridized carbons (Fsp3) is 0.524. The zero-order valence-corrected chi connectivity index (χ0v) is 16.8. The van der Waals surface area contributed by atoms with E-state index in [0.717, 1.165) is 57.9 Å². The summed E-state index contributed by atoms with van der Waals surface area (Å²) in [6, 6.07) is 6.31. The van der Waals surface area contributed by atoms with Crippen molar-refractivity contribution in [1.29, 1.82) is 0 Å². The van der Waals surface area contributed by atoms with E-state index in [2.05, 4.69) is 42.2 Å². The normalized spacial score (nSPS) is 18.6. The van der Waals surface area contributed by atoms with Crippen LogP contribution in [0, 0.1) is 0 Å². The highest BCUT2D eigenvalue weighted by atomic mass is 16.2. The molecule has 0 unspecified atom stereocenters. The number of hydrogen-bond acceptors (Lipinski definition) is 6. The van der Waals surface area contributed by atoms with Gasteiger partial charge in [0.1, 0.15) is 0 Å². The van der Waals surface area contributed by atoms with E-state index < -0.39 is 0 Å². The topological polar surface area (TPSA) is 77.5 Å². The number of nitrogens with zero attached hydrogens (tertiary/aromatic N) is 6. The molecule has 1 N–H and O–H groups in total. The van der Waals surface area contributed by atoms with Gasteiger partial charge in [0.25, 0.3) is 0 Å². The number of piperazine rings is 1. The molecule has 8 nitrogen and oxygen atoms in total. The first kappa shape index (κ1) is 19.6. The third-order valence-electron chi connectivity index (χ3n) is 5.78. The van der Waals surface area contributed by atoms with Crippen molar-refractivity contribution in [3.63, 3.8) is 0 Å². The zero-order valence-electron chi connectivity index (χ0n) is 16.8. The van der Waals surface area contributed by atoms with E-state index in [-0.39, 0.29) is 12.1 Å². The lowest BCUT2D eigenvalue weighted by Crippen LogP contribution is -2.55. The van der Waals surface area contributed by atoms with Crippen LogP contribution in [0.5, 0.6) is 0 Å². The van der Waals surface area contributed by atoms with Gasteiger partial charge in [-0.1, -0.05) is 0 Å². The lowest BCUT2D eigenvalue weighted by molar-refractivity contribution is 0.170. The molecule has 2 amide bonds. The second-order valence-corrected chi connectivity index (χ2v) is 7.69.